The van der Waals surface area contributed by atoms with Gasteiger partial charge in [0.1, 0.15) is 11.8 Å². The van der Waals surface area contributed by atoms with E-state index in [0.717, 1.165) is 16.3 Å². The first-order valence-corrected chi connectivity index (χ1v) is 7.62. The van der Waals surface area contributed by atoms with Crippen molar-refractivity contribution in [2.75, 3.05) is 20.8 Å². The summed E-state index contributed by atoms with van der Waals surface area (Å²) in [5, 5.41) is 13.6. The Labute approximate surface area is 140 Å². The van der Waals surface area contributed by atoms with Crippen molar-refractivity contribution in [1.29, 1.82) is 0 Å². The lowest BCUT2D eigenvalue weighted by molar-refractivity contribution is -0.142. The van der Waals surface area contributed by atoms with Crippen LogP contribution in [0.4, 0.5) is 0 Å². The maximum atomic E-state index is 12.2. The van der Waals surface area contributed by atoms with Crippen LogP contribution in [0.5, 0.6) is 5.75 Å². The highest BCUT2D eigenvalue weighted by Crippen LogP contribution is 2.24. The van der Waals surface area contributed by atoms with Gasteiger partial charge in [0.05, 0.1) is 13.5 Å². The monoisotopic (exact) mass is 331 g/mol. The van der Waals surface area contributed by atoms with Gasteiger partial charge < -0.3 is 19.9 Å². The molecule has 0 aliphatic rings. The molecule has 0 aliphatic heterocycles. The van der Waals surface area contributed by atoms with E-state index in [0.29, 0.717) is 5.75 Å². The van der Waals surface area contributed by atoms with Crippen molar-refractivity contribution in [2.45, 2.75) is 18.9 Å². The zero-order valence-corrected chi connectivity index (χ0v) is 13.7. The number of benzene rings is 2. The molecule has 1 unspecified atom stereocenters. The number of carboxylic acid groups (broad SMARTS) is 1. The second-order valence-corrected chi connectivity index (χ2v) is 5.42. The van der Waals surface area contributed by atoms with Gasteiger partial charge in [0.25, 0.3) is 0 Å². The molecule has 2 N–H and O–H groups in total. The summed E-state index contributed by atoms with van der Waals surface area (Å²) in [5.41, 5.74) is 0.819. The van der Waals surface area contributed by atoms with E-state index in [9.17, 15) is 9.59 Å². The predicted molar refractivity (Wildman–Crippen MR) is 90.3 cm³/mol. The quantitative estimate of drug-likeness (QED) is 0.773. The van der Waals surface area contributed by atoms with Crippen LogP contribution in [0.15, 0.2) is 36.4 Å². The fraction of sp³-hybridized carbons (Fsp3) is 0.333. The number of hydrogen-bond acceptors (Lipinski definition) is 4. The average molecular weight is 331 g/mol. The van der Waals surface area contributed by atoms with Crippen LogP contribution in [0.1, 0.15) is 12.0 Å². The number of ether oxygens (including phenoxy) is 2. The van der Waals surface area contributed by atoms with Gasteiger partial charge in [0, 0.05) is 20.1 Å². The number of carboxylic acids is 1. The van der Waals surface area contributed by atoms with Gasteiger partial charge in [-0.05, 0) is 28.5 Å². The summed E-state index contributed by atoms with van der Waals surface area (Å²) >= 11 is 0. The summed E-state index contributed by atoms with van der Waals surface area (Å²) in [5.74, 6) is -0.701. The first-order chi connectivity index (χ1) is 11.5. The normalized spacial score (nSPS) is 11.9. The number of rotatable bonds is 8. The van der Waals surface area contributed by atoms with Gasteiger partial charge in [0.15, 0.2) is 0 Å². The van der Waals surface area contributed by atoms with Gasteiger partial charge in [-0.25, -0.2) is 4.79 Å². The Morgan fingerprint density at radius 1 is 1.21 bits per heavy atom. The van der Waals surface area contributed by atoms with E-state index in [2.05, 4.69) is 5.32 Å². The highest BCUT2D eigenvalue weighted by molar-refractivity contribution is 5.92. The lowest BCUT2D eigenvalue weighted by atomic mass is 10.0. The molecule has 128 valence electrons. The molecule has 1 atom stereocenters. The Morgan fingerprint density at radius 2 is 2.00 bits per heavy atom. The second-order valence-electron chi connectivity index (χ2n) is 5.42. The summed E-state index contributed by atoms with van der Waals surface area (Å²) in [7, 11) is 3.08. The molecule has 6 nitrogen and oxygen atoms in total. The summed E-state index contributed by atoms with van der Waals surface area (Å²) in [4.78, 5) is 23.4. The van der Waals surface area contributed by atoms with E-state index in [1.54, 1.807) is 7.11 Å². The number of nitrogens with one attached hydrogen (secondary N) is 1. The van der Waals surface area contributed by atoms with Crippen molar-refractivity contribution in [1.82, 2.24) is 5.32 Å². The van der Waals surface area contributed by atoms with Crippen LogP contribution in [-0.2, 0) is 20.7 Å². The van der Waals surface area contributed by atoms with Gasteiger partial charge in [-0.3, -0.25) is 4.79 Å². The molecule has 2 rings (SSSR count). The topological polar surface area (TPSA) is 84.9 Å². The molecule has 0 saturated heterocycles. The number of carbonyl (C=O) groups excluding carboxylic acids is 1. The van der Waals surface area contributed by atoms with E-state index < -0.39 is 12.0 Å². The molecule has 0 radical (unpaired) electrons. The second kappa shape index (κ2) is 8.31. The fourth-order valence-corrected chi connectivity index (χ4v) is 2.51. The highest BCUT2D eigenvalue weighted by Gasteiger charge is 2.20. The van der Waals surface area contributed by atoms with Gasteiger partial charge in [-0.1, -0.05) is 24.3 Å². The molecule has 1 amide bonds. The van der Waals surface area contributed by atoms with Crippen molar-refractivity contribution in [3.63, 3.8) is 0 Å². The van der Waals surface area contributed by atoms with E-state index >= 15 is 0 Å². The minimum atomic E-state index is -1.07. The van der Waals surface area contributed by atoms with E-state index in [1.165, 1.54) is 7.11 Å². The zero-order valence-electron chi connectivity index (χ0n) is 13.7. The Morgan fingerprint density at radius 3 is 2.67 bits per heavy atom. The molecule has 24 heavy (non-hydrogen) atoms. The average Bonchev–Trinajstić information content (AvgIpc) is 2.58. The molecule has 0 spiro atoms. The van der Waals surface area contributed by atoms with Crippen LogP contribution >= 0.6 is 0 Å². The van der Waals surface area contributed by atoms with E-state index in [4.69, 9.17) is 14.6 Å². The summed E-state index contributed by atoms with van der Waals surface area (Å²) < 4.78 is 10.1. The molecule has 0 aromatic heterocycles. The third-order valence-corrected chi connectivity index (χ3v) is 3.77. The molecule has 6 heteroatoms. The Balaban J connectivity index is 2.16. The number of carbonyl (C=O) groups is 2. The van der Waals surface area contributed by atoms with Crippen LogP contribution in [0.3, 0.4) is 0 Å². The number of fused-ring (bicyclic) bond motifs is 1. The molecule has 0 heterocycles. The minimum Gasteiger partial charge on any atom is -0.497 e. The minimum absolute atomic E-state index is 0.0985. The van der Waals surface area contributed by atoms with Crippen molar-refractivity contribution < 1.29 is 24.2 Å². The molecular formula is C18H21NO5. The van der Waals surface area contributed by atoms with Gasteiger partial charge >= 0.3 is 5.97 Å². The highest BCUT2D eigenvalue weighted by atomic mass is 16.5. The standard InChI is InChI=1S/C18H21NO5/c1-23-9-8-16(18(21)22)19-17(20)10-13-5-3-4-12-6-7-14(24-2)11-15(12)13/h3-7,11,16H,8-10H2,1-2H3,(H,19,20)(H,21,22). The maximum Gasteiger partial charge on any atom is 0.326 e. The van der Waals surface area contributed by atoms with Crippen LogP contribution in [0, 0.1) is 0 Å². The predicted octanol–water partition coefficient (Wildman–Crippen LogP) is 2.00. The SMILES string of the molecule is COCCC(NC(=O)Cc1cccc2ccc(OC)cc12)C(=O)O. The van der Waals surface area contributed by atoms with Crippen LogP contribution in [-0.4, -0.2) is 43.9 Å². The molecule has 0 saturated carbocycles. The van der Waals surface area contributed by atoms with Crippen LogP contribution < -0.4 is 10.1 Å². The Kier molecular flexibility index (Phi) is 6.14. The fourth-order valence-electron chi connectivity index (χ4n) is 2.51. The van der Waals surface area contributed by atoms with Crippen LogP contribution in [0.25, 0.3) is 10.8 Å². The van der Waals surface area contributed by atoms with E-state index in [-0.39, 0.29) is 25.4 Å². The lowest BCUT2D eigenvalue weighted by Gasteiger charge is -2.15. The van der Waals surface area contributed by atoms with Gasteiger partial charge in [-0.15, -0.1) is 0 Å². The summed E-state index contributed by atoms with van der Waals surface area (Å²) in [6, 6.07) is 10.4. The molecule has 0 aliphatic carbocycles. The Bertz CT molecular complexity index is 728. The van der Waals surface area contributed by atoms with Crippen molar-refractivity contribution in [2.24, 2.45) is 0 Å². The van der Waals surface area contributed by atoms with Crippen molar-refractivity contribution in [3.05, 3.63) is 42.0 Å². The van der Waals surface area contributed by atoms with Gasteiger partial charge in [-0.2, -0.15) is 0 Å². The van der Waals surface area contributed by atoms with Gasteiger partial charge in [0.2, 0.25) is 5.91 Å². The number of hydrogen-bond donors (Lipinski definition) is 2. The van der Waals surface area contributed by atoms with Crippen LogP contribution in [0.2, 0.25) is 0 Å². The third kappa shape index (κ3) is 4.45. The first-order valence-electron chi connectivity index (χ1n) is 7.62. The maximum absolute atomic E-state index is 12.2. The summed E-state index contributed by atoms with van der Waals surface area (Å²) in [6.45, 7) is 0.267. The van der Waals surface area contributed by atoms with Crippen molar-refractivity contribution in [3.8, 4) is 5.75 Å². The van der Waals surface area contributed by atoms with E-state index in [1.807, 2.05) is 36.4 Å². The first kappa shape index (κ1) is 17.7. The smallest absolute Gasteiger partial charge is 0.326 e. The molecular weight excluding hydrogens is 310 g/mol. The molecule has 0 fully saturated rings. The lowest BCUT2D eigenvalue weighted by Crippen LogP contribution is -2.42. The number of aliphatic carboxylic acids is 1. The molecule has 0 bridgehead atoms. The molecule has 2 aromatic carbocycles. The third-order valence-electron chi connectivity index (χ3n) is 3.77. The molecule has 2 aromatic rings. The van der Waals surface area contributed by atoms with Crippen molar-refractivity contribution >= 4 is 22.6 Å². The largest absolute Gasteiger partial charge is 0.497 e. The number of amides is 1. The Hall–Kier alpha value is -2.60. The zero-order chi connectivity index (χ0) is 17.5. The summed E-state index contributed by atoms with van der Waals surface area (Å²) in [6.07, 6.45) is 0.322. The number of methoxy groups -OCH3 is 2.